The molecule has 0 unspecified atom stereocenters. The normalized spacial score (nSPS) is 21.0. The molecule has 1 aliphatic carbocycles. The molecular weight excluding hydrogens is 775 g/mol. The summed E-state index contributed by atoms with van der Waals surface area (Å²) >= 11 is 1.33. The second-order valence-corrected chi connectivity index (χ2v) is 14.9. The summed E-state index contributed by atoms with van der Waals surface area (Å²) in [6.07, 6.45) is -1.15. The van der Waals surface area contributed by atoms with Crippen molar-refractivity contribution in [1.29, 1.82) is 0 Å². The van der Waals surface area contributed by atoms with Crippen molar-refractivity contribution < 1.29 is 74.5 Å². The van der Waals surface area contributed by atoms with Crippen LogP contribution in [0.4, 0.5) is 18.4 Å². The Labute approximate surface area is 317 Å². The van der Waals surface area contributed by atoms with Gasteiger partial charge < -0.3 is 33.3 Å². The number of carbonyl (C=O) groups is 4. The fraction of sp³-hybridized carbons (Fsp3) is 0.412. The van der Waals surface area contributed by atoms with Crippen LogP contribution >= 0.6 is 19.6 Å². The first kappa shape index (κ1) is 40.1. The number of morpholine rings is 1. The van der Waals surface area contributed by atoms with Crippen molar-refractivity contribution in [2.45, 2.75) is 41.2 Å². The smallest absolute Gasteiger partial charge is 0.460 e. The molecule has 2 aromatic rings. The monoisotopic (exact) mass is 811 g/mol. The SMILES string of the molecule is C=CC(=O)/C(OCOP(=O)(OCOC(=O)OC)OCOC(=O)OC)=C1/C(=O)N2[C@@H](COCC23CC3)N([C@@H]2c3ccccc3SCc3c2ccc(F)c3F)N1C. The molecule has 0 radical (unpaired) electrons. The molecular formula is C34H36F2N3O14PS. The number of ketones is 1. The summed E-state index contributed by atoms with van der Waals surface area (Å²) in [5, 5.41) is 3.16. The Balaban J connectivity index is 1.41. The number of hydrazine groups is 1. The Morgan fingerprint density at radius 3 is 2.24 bits per heavy atom. The predicted molar refractivity (Wildman–Crippen MR) is 183 cm³/mol. The number of methoxy groups -OCH3 is 2. The van der Waals surface area contributed by atoms with Crippen LogP contribution in [-0.4, -0.2) is 105 Å². The van der Waals surface area contributed by atoms with E-state index in [9.17, 15) is 28.1 Å². The zero-order valence-electron chi connectivity index (χ0n) is 29.7. The Morgan fingerprint density at radius 1 is 0.982 bits per heavy atom. The molecule has 296 valence electrons. The quantitative estimate of drug-likeness (QED) is 0.0855. The summed E-state index contributed by atoms with van der Waals surface area (Å²) in [6, 6.07) is 9.04. The maximum Gasteiger partial charge on any atom is 0.510 e. The number of thioether (sulfide) groups is 1. The highest BCUT2D eigenvalue weighted by Crippen LogP contribution is 2.53. The molecule has 0 N–H and O–H groups in total. The van der Waals surface area contributed by atoms with Gasteiger partial charge >= 0.3 is 20.1 Å². The van der Waals surface area contributed by atoms with Crippen LogP contribution < -0.4 is 0 Å². The molecule has 2 atom stereocenters. The number of allylic oxidation sites excluding steroid dienone is 1. The van der Waals surface area contributed by atoms with Gasteiger partial charge in [-0.05, 0) is 42.2 Å². The number of benzene rings is 2. The van der Waals surface area contributed by atoms with E-state index in [1.54, 1.807) is 9.91 Å². The number of ether oxygens (including phenoxy) is 6. The maximum absolute atomic E-state index is 15.6. The van der Waals surface area contributed by atoms with Crippen LogP contribution in [0.25, 0.3) is 0 Å². The van der Waals surface area contributed by atoms with Crippen molar-refractivity contribution in [3.63, 3.8) is 0 Å². The van der Waals surface area contributed by atoms with Crippen LogP contribution in [0.5, 0.6) is 0 Å². The molecule has 4 aliphatic rings. The van der Waals surface area contributed by atoms with Crippen molar-refractivity contribution in [2.24, 2.45) is 0 Å². The molecule has 21 heteroatoms. The number of amides is 1. The van der Waals surface area contributed by atoms with Gasteiger partial charge in [-0.2, -0.15) is 5.01 Å². The van der Waals surface area contributed by atoms with E-state index < -0.39 is 87.3 Å². The summed E-state index contributed by atoms with van der Waals surface area (Å²) in [7, 11) is -1.30. The molecule has 2 aromatic carbocycles. The third-order valence-corrected chi connectivity index (χ3v) is 11.6. The number of hydrogen-bond donors (Lipinski definition) is 0. The molecule has 0 bridgehead atoms. The fourth-order valence-electron chi connectivity index (χ4n) is 6.50. The number of fused-ring (bicyclic) bond motifs is 4. The number of hydrogen-bond acceptors (Lipinski definition) is 17. The number of rotatable bonds is 13. The molecule has 6 rings (SSSR count). The summed E-state index contributed by atoms with van der Waals surface area (Å²) < 4.78 is 88.6. The number of halogens is 2. The highest BCUT2D eigenvalue weighted by Gasteiger charge is 2.61. The minimum Gasteiger partial charge on any atom is -0.460 e. The zero-order valence-corrected chi connectivity index (χ0v) is 31.4. The summed E-state index contributed by atoms with van der Waals surface area (Å²) in [5.74, 6) is -4.02. The summed E-state index contributed by atoms with van der Waals surface area (Å²) in [4.78, 5) is 53.5. The van der Waals surface area contributed by atoms with E-state index in [2.05, 4.69) is 25.5 Å². The van der Waals surface area contributed by atoms with Gasteiger partial charge in [0.2, 0.25) is 26.2 Å². The number of phosphoric acid groups is 1. The van der Waals surface area contributed by atoms with Crippen LogP contribution in [0, 0.1) is 11.6 Å². The van der Waals surface area contributed by atoms with E-state index in [-0.39, 0.29) is 30.2 Å². The Bertz CT molecular complexity index is 1920. The van der Waals surface area contributed by atoms with Crippen molar-refractivity contribution in [3.05, 3.63) is 88.8 Å². The van der Waals surface area contributed by atoms with E-state index >= 15 is 4.39 Å². The van der Waals surface area contributed by atoms with Crippen LogP contribution in [0.3, 0.4) is 0 Å². The lowest BCUT2D eigenvalue weighted by atomic mass is 9.92. The summed E-state index contributed by atoms with van der Waals surface area (Å²) in [6.45, 7) is 0.663. The standard InChI is InChI=1S/C34H36F2N3O14PS/c1-5-24(40)30(48-17-51-54(44,52-18-49-32(42)45-3)53-19-50-33(43)46-4)29-31(41)38-26(14-47-16-34(38)12-13-34)39(37(29)2)28-20-10-11-23(35)27(36)22(20)15-55-25-9-7-6-8-21(25)28/h5-11,26,28H,1,12-19H2,2-4H3/b30-29+/t26-,28+/m1/s1. The first-order chi connectivity index (χ1) is 26.4. The van der Waals surface area contributed by atoms with Gasteiger partial charge in [-0.3, -0.25) is 14.6 Å². The van der Waals surface area contributed by atoms with Gasteiger partial charge in [0.25, 0.3) is 5.91 Å². The van der Waals surface area contributed by atoms with Crippen molar-refractivity contribution in [2.75, 3.05) is 54.9 Å². The molecule has 2 saturated heterocycles. The predicted octanol–water partition coefficient (Wildman–Crippen LogP) is 5.12. The molecule has 3 fully saturated rings. The number of carbonyl (C=O) groups excluding carboxylic acids is 4. The van der Waals surface area contributed by atoms with E-state index in [1.165, 1.54) is 29.9 Å². The molecule has 3 heterocycles. The van der Waals surface area contributed by atoms with Crippen molar-refractivity contribution in [3.8, 4) is 0 Å². The maximum atomic E-state index is 15.6. The van der Waals surface area contributed by atoms with Crippen LogP contribution in [0.1, 0.15) is 35.6 Å². The topological polar surface area (TPSA) is 178 Å². The largest absolute Gasteiger partial charge is 0.510 e. The number of phosphoric ester groups is 1. The van der Waals surface area contributed by atoms with Crippen LogP contribution in [0.15, 0.2) is 65.4 Å². The number of likely N-dealkylation sites (N-methyl/N-ethyl adjacent to an activating group) is 1. The van der Waals surface area contributed by atoms with E-state index in [1.807, 2.05) is 24.3 Å². The molecule has 1 saturated carbocycles. The first-order valence-electron chi connectivity index (χ1n) is 16.5. The van der Waals surface area contributed by atoms with Crippen LogP contribution in [-0.2, 0) is 61.9 Å². The van der Waals surface area contributed by atoms with Gasteiger partial charge in [-0.1, -0.05) is 30.8 Å². The lowest BCUT2D eigenvalue weighted by Gasteiger charge is -2.56. The fourth-order valence-corrected chi connectivity index (χ4v) is 8.39. The van der Waals surface area contributed by atoms with Gasteiger partial charge in [0.1, 0.15) is 6.17 Å². The zero-order chi connectivity index (χ0) is 39.5. The van der Waals surface area contributed by atoms with E-state index in [0.29, 0.717) is 24.0 Å². The second-order valence-electron chi connectivity index (χ2n) is 12.2. The molecule has 0 aromatic heterocycles. The molecule has 55 heavy (non-hydrogen) atoms. The second kappa shape index (κ2) is 16.7. The minimum absolute atomic E-state index is 0.0315. The molecule has 1 spiro atoms. The summed E-state index contributed by atoms with van der Waals surface area (Å²) in [5.41, 5.74) is 0.230. The molecule has 17 nitrogen and oxygen atoms in total. The van der Waals surface area contributed by atoms with E-state index in [4.69, 9.17) is 23.0 Å². The average Bonchev–Trinajstić information content (AvgIpc) is 3.97. The third kappa shape index (κ3) is 8.07. The lowest BCUT2D eigenvalue weighted by molar-refractivity contribution is -0.211. The van der Waals surface area contributed by atoms with Gasteiger partial charge in [-0.25, -0.2) is 36.5 Å². The highest BCUT2D eigenvalue weighted by atomic mass is 32.2. The van der Waals surface area contributed by atoms with Gasteiger partial charge in [0, 0.05) is 23.3 Å². The Hall–Kier alpha value is -4.56. The Kier molecular flexibility index (Phi) is 12.2. The third-order valence-electron chi connectivity index (χ3n) is 9.19. The lowest BCUT2D eigenvalue weighted by Crippen LogP contribution is -2.71. The number of nitrogens with zero attached hydrogens (tertiary/aromatic N) is 3. The van der Waals surface area contributed by atoms with Gasteiger partial charge in [-0.15, -0.1) is 11.8 Å². The van der Waals surface area contributed by atoms with E-state index in [0.717, 1.165) is 31.3 Å². The molecule has 3 aliphatic heterocycles. The van der Waals surface area contributed by atoms with Gasteiger partial charge in [0.05, 0.1) is 39.0 Å². The van der Waals surface area contributed by atoms with Crippen molar-refractivity contribution >= 4 is 43.6 Å². The highest BCUT2D eigenvalue weighted by molar-refractivity contribution is 7.98. The average molecular weight is 812 g/mol. The van der Waals surface area contributed by atoms with Crippen LogP contribution in [0.2, 0.25) is 0 Å². The first-order valence-corrected chi connectivity index (χ1v) is 18.9. The Morgan fingerprint density at radius 2 is 1.62 bits per heavy atom. The van der Waals surface area contributed by atoms with Gasteiger partial charge in [0.15, 0.2) is 23.1 Å². The van der Waals surface area contributed by atoms with Crippen molar-refractivity contribution in [1.82, 2.24) is 14.9 Å². The minimum atomic E-state index is -4.83. The molecule has 1 amide bonds.